The smallest absolute Gasteiger partial charge is 0.284 e. The van der Waals surface area contributed by atoms with Crippen LogP contribution in [0.1, 0.15) is 24.6 Å². The van der Waals surface area contributed by atoms with Crippen LogP contribution in [0.15, 0.2) is 40.3 Å². The van der Waals surface area contributed by atoms with Crippen LogP contribution in [-0.4, -0.2) is 27.6 Å². The molecule has 0 spiro atoms. The number of carbonyl (C=O) groups is 1. The van der Waals surface area contributed by atoms with Crippen LogP contribution < -0.4 is 10.1 Å². The summed E-state index contributed by atoms with van der Waals surface area (Å²) in [5.74, 6) is 0.120. The molecule has 0 saturated heterocycles. The van der Waals surface area contributed by atoms with Gasteiger partial charge < -0.3 is 9.15 Å². The van der Waals surface area contributed by atoms with E-state index < -0.39 is 10.8 Å². The largest absolute Gasteiger partial charge is 0.494 e. The Labute approximate surface area is 180 Å². The van der Waals surface area contributed by atoms with E-state index in [0.717, 1.165) is 5.01 Å². The molecule has 0 bridgehead atoms. The molecule has 3 aromatic rings. The van der Waals surface area contributed by atoms with Gasteiger partial charge in [-0.2, -0.15) is 5.26 Å². The number of nitro groups is 1. The van der Waals surface area contributed by atoms with Crippen molar-refractivity contribution in [2.24, 2.45) is 0 Å². The molecule has 10 nitrogen and oxygen atoms in total. The summed E-state index contributed by atoms with van der Waals surface area (Å²) in [7, 11) is 0. The van der Waals surface area contributed by atoms with Gasteiger partial charge in [-0.3, -0.25) is 20.2 Å². The van der Waals surface area contributed by atoms with Gasteiger partial charge in [0.2, 0.25) is 5.13 Å². The number of rotatable bonds is 8. The molecule has 0 fully saturated rings. The maximum Gasteiger partial charge on any atom is 0.284 e. The minimum atomic E-state index is -0.661. The number of aromatic nitrogens is 2. The molecule has 0 unspecified atom stereocenters. The fourth-order valence-corrected chi connectivity index (χ4v) is 3.28. The van der Waals surface area contributed by atoms with Crippen LogP contribution >= 0.6 is 11.3 Å². The highest BCUT2D eigenvalue weighted by Crippen LogP contribution is 2.34. The number of nitrogens with one attached hydrogen (secondary N) is 1. The first-order valence-corrected chi connectivity index (χ1v) is 10.0. The predicted molar refractivity (Wildman–Crippen MR) is 113 cm³/mol. The first-order chi connectivity index (χ1) is 14.9. The second-order valence-corrected chi connectivity index (χ2v) is 7.11. The molecule has 1 aromatic carbocycles. The maximum atomic E-state index is 12.4. The summed E-state index contributed by atoms with van der Waals surface area (Å²) in [6, 6.07) is 9.29. The van der Waals surface area contributed by atoms with Crippen LogP contribution in [0, 0.1) is 21.4 Å². The number of furan rings is 1. The summed E-state index contributed by atoms with van der Waals surface area (Å²) >= 11 is 1.22. The van der Waals surface area contributed by atoms with E-state index in [-0.39, 0.29) is 33.5 Å². The van der Waals surface area contributed by atoms with E-state index in [1.165, 1.54) is 41.7 Å². The molecule has 2 aromatic heterocycles. The number of carbonyl (C=O) groups excluding carboxylic acids is 1. The van der Waals surface area contributed by atoms with Gasteiger partial charge in [0, 0.05) is 6.08 Å². The average molecular weight is 439 g/mol. The van der Waals surface area contributed by atoms with Gasteiger partial charge in [-0.25, -0.2) is 0 Å². The van der Waals surface area contributed by atoms with Crippen molar-refractivity contribution >= 4 is 34.1 Å². The van der Waals surface area contributed by atoms with Gasteiger partial charge in [0.05, 0.1) is 23.2 Å². The van der Waals surface area contributed by atoms with E-state index in [0.29, 0.717) is 18.8 Å². The topological polar surface area (TPSA) is 144 Å². The molecule has 31 heavy (non-hydrogen) atoms. The molecule has 0 atom stereocenters. The number of aryl methyl sites for hydroxylation is 1. The molecule has 1 N–H and O–H groups in total. The molecule has 0 radical (unpaired) electrons. The quantitative estimate of drug-likeness (QED) is 0.238. The molecular weight excluding hydrogens is 422 g/mol. The van der Waals surface area contributed by atoms with E-state index in [1.54, 1.807) is 13.0 Å². The Hall–Kier alpha value is -4.04. The third-order valence-corrected chi connectivity index (χ3v) is 4.99. The highest BCUT2D eigenvalue weighted by atomic mass is 32.1. The molecule has 0 saturated carbocycles. The van der Waals surface area contributed by atoms with Crippen LogP contribution in [0.25, 0.3) is 17.4 Å². The molecule has 2 heterocycles. The Morgan fingerprint density at radius 2 is 2.16 bits per heavy atom. The number of ether oxygens (including phenoxy) is 1. The van der Waals surface area contributed by atoms with Crippen LogP contribution in [0.2, 0.25) is 0 Å². The summed E-state index contributed by atoms with van der Waals surface area (Å²) < 4.78 is 10.9. The Morgan fingerprint density at radius 1 is 1.35 bits per heavy atom. The predicted octanol–water partition coefficient (Wildman–Crippen LogP) is 4.21. The van der Waals surface area contributed by atoms with Gasteiger partial charge in [-0.05, 0) is 37.6 Å². The number of nitro benzene ring substituents is 1. The zero-order chi connectivity index (χ0) is 22.4. The van der Waals surface area contributed by atoms with Gasteiger partial charge in [0.1, 0.15) is 33.9 Å². The van der Waals surface area contributed by atoms with Crippen molar-refractivity contribution in [1.29, 1.82) is 5.26 Å². The second kappa shape index (κ2) is 9.64. The van der Waals surface area contributed by atoms with Crippen molar-refractivity contribution in [1.82, 2.24) is 10.2 Å². The zero-order valence-corrected chi connectivity index (χ0v) is 17.4. The molecular formula is C20H17N5O5S. The van der Waals surface area contributed by atoms with Gasteiger partial charge in [0.15, 0.2) is 0 Å². The third-order valence-electron chi connectivity index (χ3n) is 4.01. The number of benzene rings is 1. The first-order valence-electron chi connectivity index (χ1n) is 9.22. The van der Waals surface area contributed by atoms with Crippen molar-refractivity contribution < 1.29 is 18.9 Å². The molecule has 0 aliphatic rings. The second-order valence-electron chi connectivity index (χ2n) is 6.05. The number of nitriles is 1. The fourth-order valence-electron chi connectivity index (χ4n) is 2.60. The third kappa shape index (κ3) is 5.12. The van der Waals surface area contributed by atoms with Crippen LogP contribution in [-0.2, 0) is 11.2 Å². The SMILES string of the molecule is CCOc1ccc(-c2ccc(C=C(C#N)C(=O)Nc3nnc(CC)s3)o2)c([N+](=O)[O-])c1. The monoisotopic (exact) mass is 439 g/mol. The normalized spacial score (nSPS) is 11.1. The summed E-state index contributed by atoms with van der Waals surface area (Å²) in [5.41, 5.74) is -0.149. The van der Waals surface area contributed by atoms with Gasteiger partial charge in [0.25, 0.3) is 11.6 Å². The number of amides is 1. The minimum absolute atomic E-state index is 0.183. The Bertz CT molecular complexity index is 1190. The van der Waals surface area contributed by atoms with Crippen LogP contribution in [0.5, 0.6) is 5.75 Å². The Balaban J connectivity index is 1.85. The summed E-state index contributed by atoms with van der Waals surface area (Å²) in [5, 5.41) is 32.1. The number of anilines is 1. The summed E-state index contributed by atoms with van der Waals surface area (Å²) in [4.78, 5) is 23.3. The molecule has 0 aliphatic heterocycles. The molecule has 11 heteroatoms. The minimum Gasteiger partial charge on any atom is -0.494 e. The van der Waals surface area contributed by atoms with E-state index in [2.05, 4.69) is 15.5 Å². The maximum absolute atomic E-state index is 12.4. The van der Waals surface area contributed by atoms with Crippen molar-refractivity contribution in [2.45, 2.75) is 20.3 Å². The van der Waals surface area contributed by atoms with E-state index in [4.69, 9.17) is 9.15 Å². The van der Waals surface area contributed by atoms with E-state index >= 15 is 0 Å². The van der Waals surface area contributed by atoms with Crippen molar-refractivity contribution in [3.63, 3.8) is 0 Å². The number of hydrogen-bond donors (Lipinski definition) is 1. The van der Waals surface area contributed by atoms with Gasteiger partial charge in [-0.1, -0.05) is 18.3 Å². The average Bonchev–Trinajstić information content (AvgIpc) is 3.41. The highest BCUT2D eigenvalue weighted by molar-refractivity contribution is 7.15. The standard InChI is InChI=1S/C20H17N5O5S/c1-3-18-23-24-20(31-18)22-19(26)12(11-21)9-14-6-8-17(30-14)15-7-5-13(29-4-2)10-16(15)25(27)28/h5-10H,3-4H2,1-2H3,(H,22,24,26). The van der Waals surface area contributed by atoms with E-state index in [1.807, 2.05) is 13.0 Å². The number of nitrogens with zero attached hydrogens (tertiary/aromatic N) is 4. The van der Waals surface area contributed by atoms with Gasteiger partial charge in [-0.15, -0.1) is 10.2 Å². The lowest BCUT2D eigenvalue weighted by molar-refractivity contribution is -0.384. The van der Waals surface area contributed by atoms with Gasteiger partial charge >= 0.3 is 0 Å². The summed E-state index contributed by atoms with van der Waals surface area (Å²) in [6.07, 6.45) is 1.93. The van der Waals surface area contributed by atoms with Crippen molar-refractivity contribution in [2.75, 3.05) is 11.9 Å². The molecule has 1 amide bonds. The fraction of sp³-hybridized carbons (Fsp3) is 0.200. The highest BCUT2D eigenvalue weighted by Gasteiger charge is 2.20. The Kier molecular flexibility index (Phi) is 6.74. The number of hydrogen-bond acceptors (Lipinski definition) is 9. The molecule has 0 aliphatic carbocycles. The van der Waals surface area contributed by atoms with Crippen LogP contribution in [0.3, 0.4) is 0 Å². The summed E-state index contributed by atoms with van der Waals surface area (Å²) in [6.45, 7) is 4.07. The van der Waals surface area contributed by atoms with E-state index in [9.17, 15) is 20.2 Å². The zero-order valence-electron chi connectivity index (χ0n) is 16.6. The molecule has 3 rings (SSSR count). The lowest BCUT2D eigenvalue weighted by Crippen LogP contribution is -2.13. The molecule has 158 valence electrons. The Morgan fingerprint density at radius 3 is 2.81 bits per heavy atom. The van der Waals surface area contributed by atoms with Crippen molar-refractivity contribution in [3.8, 4) is 23.1 Å². The lowest BCUT2D eigenvalue weighted by Gasteiger charge is -2.05. The van der Waals surface area contributed by atoms with Crippen LogP contribution in [0.4, 0.5) is 10.8 Å². The lowest BCUT2D eigenvalue weighted by atomic mass is 10.1. The van der Waals surface area contributed by atoms with Crippen molar-refractivity contribution in [3.05, 3.63) is 56.8 Å². The first kappa shape index (κ1) is 21.7.